The molecular formula is C11H14BrFN2O2. The lowest BCUT2D eigenvalue weighted by Gasteiger charge is -2.09. The fourth-order valence-electron chi connectivity index (χ4n) is 1.21. The fourth-order valence-corrected chi connectivity index (χ4v) is 1.64. The Morgan fingerprint density at radius 1 is 1.53 bits per heavy atom. The summed E-state index contributed by atoms with van der Waals surface area (Å²) in [5.74, 6) is -1.36. The number of anilines is 1. The molecule has 3 N–H and O–H groups in total. The van der Waals surface area contributed by atoms with Crippen LogP contribution in [0.3, 0.4) is 0 Å². The second-order valence-corrected chi connectivity index (χ2v) is 4.43. The Labute approximate surface area is 107 Å². The third-order valence-corrected chi connectivity index (χ3v) is 2.55. The van der Waals surface area contributed by atoms with E-state index >= 15 is 0 Å². The molecule has 17 heavy (non-hydrogen) atoms. The van der Waals surface area contributed by atoms with Crippen LogP contribution in [-0.4, -0.2) is 17.7 Å². The van der Waals surface area contributed by atoms with Gasteiger partial charge in [-0.3, -0.25) is 0 Å². The lowest BCUT2D eigenvalue weighted by atomic mass is 10.3. The van der Waals surface area contributed by atoms with Crippen molar-refractivity contribution < 1.29 is 14.3 Å². The highest BCUT2D eigenvalue weighted by Crippen LogP contribution is 2.30. The van der Waals surface area contributed by atoms with Gasteiger partial charge in [0.1, 0.15) is 0 Å². The second kappa shape index (κ2) is 6.44. The van der Waals surface area contributed by atoms with Gasteiger partial charge in [-0.25, -0.2) is 9.18 Å². The van der Waals surface area contributed by atoms with Crippen LogP contribution in [0.5, 0.6) is 5.75 Å². The standard InChI is InChI=1S/C11H14BrFN2O2/c1-2-3-4-14-11(17)15-9-6-7(12)5-8(13)10(9)16/h5-6,16H,2-4H2,1H3,(H2,14,15,17). The van der Waals surface area contributed by atoms with Crippen LogP contribution in [0.4, 0.5) is 14.9 Å². The average Bonchev–Trinajstić information content (AvgIpc) is 2.25. The van der Waals surface area contributed by atoms with Crippen LogP contribution < -0.4 is 10.6 Å². The number of amides is 2. The highest BCUT2D eigenvalue weighted by molar-refractivity contribution is 9.10. The molecule has 6 heteroatoms. The van der Waals surface area contributed by atoms with E-state index in [0.29, 0.717) is 11.0 Å². The summed E-state index contributed by atoms with van der Waals surface area (Å²) in [6.45, 7) is 2.55. The van der Waals surface area contributed by atoms with Gasteiger partial charge in [0.15, 0.2) is 11.6 Å². The maximum atomic E-state index is 13.1. The van der Waals surface area contributed by atoms with Gasteiger partial charge in [-0.1, -0.05) is 29.3 Å². The van der Waals surface area contributed by atoms with Crippen molar-refractivity contribution in [2.24, 2.45) is 0 Å². The lowest BCUT2D eigenvalue weighted by molar-refractivity contribution is 0.252. The van der Waals surface area contributed by atoms with Gasteiger partial charge >= 0.3 is 6.03 Å². The molecular weight excluding hydrogens is 291 g/mol. The number of hydrogen-bond donors (Lipinski definition) is 3. The number of phenols is 1. The number of urea groups is 1. The molecule has 0 saturated carbocycles. The largest absolute Gasteiger partial charge is 0.503 e. The number of phenolic OH excluding ortho intramolecular Hbond substituents is 1. The maximum absolute atomic E-state index is 13.1. The van der Waals surface area contributed by atoms with Crippen molar-refractivity contribution in [3.63, 3.8) is 0 Å². The van der Waals surface area contributed by atoms with Crippen molar-refractivity contribution in [2.45, 2.75) is 19.8 Å². The summed E-state index contributed by atoms with van der Waals surface area (Å²) >= 11 is 3.08. The van der Waals surface area contributed by atoms with Crippen molar-refractivity contribution in [3.8, 4) is 5.75 Å². The summed E-state index contributed by atoms with van der Waals surface area (Å²) in [5.41, 5.74) is 0.0332. The Morgan fingerprint density at radius 3 is 2.88 bits per heavy atom. The molecule has 1 aromatic carbocycles. The summed E-state index contributed by atoms with van der Waals surface area (Å²) in [7, 11) is 0. The van der Waals surface area contributed by atoms with E-state index in [0.717, 1.165) is 18.9 Å². The van der Waals surface area contributed by atoms with Gasteiger partial charge in [-0.15, -0.1) is 0 Å². The Bertz CT molecular complexity index is 413. The number of unbranched alkanes of at least 4 members (excludes halogenated alkanes) is 1. The van der Waals surface area contributed by atoms with Crippen LogP contribution in [0.15, 0.2) is 16.6 Å². The van der Waals surface area contributed by atoms with E-state index in [1.807, 2.05) is 6.92 Å². The summed E-state index contributed by atoms with van der Waals surface area (Å²) in [4.78, 5) is 11.4. The smallest absolute Gasteiger partial charge is 0.319 e. The van der Waals surface area contributed by atoms with E-state index in [-0.39, 0.29) is 5.69 Å². The predicted octanol–water partition coefficient (Wildman–Crippen LogP) is 3.22. The van der Waals surface area contributed by atoms with Crippen molar-refractivity contribution in [1.82, 2.24) is 5.32 Å². The maximum Gasteiger partial charge on any atom is 0.319 e. The quantitative estimate of drug-likeness (QED) is 0.591. The molecule has 0 aliphatic carbocycles. The molecule has 4 nitrogen and oxygen atoms in total. The summed E-state index contributed by atoms with van der Waals surface area (Å²) < 4.78 is 13.6. The molecule has 0 aliphatic heterocycles. The number of carbonyl (C=O) groups excluding carboxylic acids is 1. The minimum Gasteiger partial charge on any atom is -0.503 e. The molecule has 0 radical (unpaired) electrons. The zero-order chi connectivity index (χ0) is 12.8. The highest BCUT2D eigenvalue weighted by atomic mass is 79.9. The topological polar surface area (TPSA) is 61.4 Å². The van der Waals surface area contributed by atoms with Crippen LogP contribution in [-0.2, 0) is 0 Å². The van der Waals surface area contributed by atoms with Crippen molar-refractivity contribution in [1.29, 1.82) is 0 Å². The Kier molecular flexibility index (Phi) is 5.21. The molecule has 1 rings (SSSR count). The molecule has 1 aromatic rings. The van der Waals surface area contributed by atoms with E-state index in [1.165, 1.54) is 6.07 Å². The van der Waals surface area contributed by atoms with Gasteiger partial charge in [0.05, 0.1) is 5.69 Å². The van der Waals surface area contributed by atoms with E-state index in [4.69, 9.17) is 0 Å². The van der Waals surface area contributed by atoms with E-state index in [1.54, 1.807) is 0 Å². The zero-order valence-electron chi connectivity index (χ0n) is 9.39. The van der Waals surface area contributed by atoms with Crippen LogP contribution in [0, 0.1) is 5.82 Å². The molecule has 0 fully saturated rings. The van der Waals surface area contributed by atoms with Gasteiger partial charge in [-0.05, 0) is 18.6 Å². The number of benzene rings is 1. The lowest BCUT2D eigenvalue weighted by Crippen LogP contribution is -2.29. The van der Waals surface area contributed by atoms with Crippen LogP contribution in [0.2, 0.25) is 0 Å². The predicted molar refractivity (Wildman–Crippen MR) is 67.7 cm³/mol. The summed E-state index contributed by atoms with van der Waals surface area (Å²) in [6, 6.07) is 2.08. The number of halogens is 2. The average molecular weight is 305 g/mol. The molecule has 0 spiro atoms. The van der Waals surface area contributed by atoms with E-state index in [9.17, 15) is 14.3 Å². The third-order valence-electron chi connectivity index (χ3n) is 2.09. The zero-order valence-corrected chi connectivity index (χ0v) is 11.0. The van der Waals surface area contributed by atoms with Gasteiger partial charge < -0.3 is 15.7 Å². The third kappa shape index (κ3) is 4.22. The molecule has 0 heterocycles. The molecule has 0 aromatic heterocycles. The molecule has 0 saturated heterocycles. The van der Waals surface area contributed by atoms with Crippen LogP contribution >= 0.6 is 15.9 Å². The first-order valence-corrected chi connectivity index (χ1v) is 6.06. The van der Waals surface area contributed by atoms with Crippen LogP contribution in [0.1, 0.15) is 19.8 Å². The number of nitrogens with one attached hydrogen (secondary N) is 2. The van der Waals surface area contributed by atoms with Gasteiger partial charge in [0, 0.05) is 11.0 Å². The first-order chi connectivity index (χ1) is 8.04. The number of carbonyl (C=O) groups is 1. The number of hydrogen-bond acceptors (Lipinski definition) is 2. The second-order valence-electron chi connectivity index (χ2n) is 3.52. The van der Waals surface area contributed by atoms with Gasteiger partial charge in [0.25, 0.3) is 0 Å². The highest BCUT2D eigenvalue weighted by Gasteiger charge is 2.11. The SMILES string of the molecule is CCCCNC(=O)Nc1cc(Br)cc(F)c1O. The van der Waals surface area contributed by atoms with Crippen molar-refractivity contribution >= 4 is 27.6 Å². The minimum absolute atomic E-state index is 0.0332. The molecule has 0 unspecified atom stereocenters. The van der Waals surface area contributed by atoms with E-state index < -0.39 is 17.6 Å². The molecule has 2 amide bonds. The van der Waals surface area contributed by atoms with Crippen molar-refractivity contribution in [3.05, 3.63) is 22.4 Å². The first-order valence-electron chi connectivity index (χ1n) is 5.27. The number of aromatic hydroxyl groups is 1. The monoisotopic (exact) mass is 304 g/mol. The summed E-state index contributed by atoms with van der Waals surface area (Å²) in [5, 5.41) is 14.4. The Morgan fingerprint density at radius 2 is 2.24 bits per heavy atom. The Hall–Kier alpha value is -1.30. The normalized spacial score (nSPS) is 10.1. The van der Waals surface area contributed by atoms with Gasteiger partial charge in [-0.2, -0.15) is 0 Å². The number of rotatable bonds is 4. The van der Waals surface area contributed by atoms with Crippen LogP contribution in [0.25, 0.3) is 0 Å². The van der Waals surface area contributed by atoms with Gasteiger partial charge in [0.2, 0.25) is 0 Å². The summed E-state index contributed by atoms with van der Waals surface area (Å²) in [6.07, 6.45) is 1.84. The van der Waals surface area contributed by atoms with E-state index in [2.05, 4.69) is 26.6 Å². The molecule has 94 valence electrons. The molecule has 0 aliphatic rings. The minimum atomic E-state index is -0.789. The molecule has 0 bridgehead atoms. The molecule has 0 atom stereocenters. The fraction of sp³-hybridized carbons (Fsp3) is 0.364. The van der Waals surface area contributed by atoms with Crippen molar-refractivity contribution in [2.75, 3.05) is 11.9 Å². The Balaban J connectivity index is 2.65. The first kappa shape index (κ1) is 13.8.